The summed E-state index contributed by atoms with van der Waals surface area (Å²) in [6.07, 6.45) is -0.676. The Morgan fingerprint density at radius 1 is 1.10 bits per heavy atom. The number of likely N-dealkylation sites (N-methyl/N-ethyl adjacent to an activating group) is 1. The molecule has 1 amide bonds. The number of rotatable bonds is 5. The third-order valence-electron chi connectivity index (χ3n) is 5.18. The maximum Gasteiger partial charge on any atom is 0.410 e. The van der Waals surface area contributed by atoms with Crippen LogP contribution in [0, 0.1) is 0 Å². The second kappa shape index (κ2) is 8.53. The molecule has 1 aliphatic rings. The van der Waals surface area contributed by atoms with Crippen molar-refractivity contribution in [3.8, 4) is 11.1 Å². The van der Waals surface area contributed by atoms with Crippen LogP contribution in [0.1, 0.15) is 28.0 Å². The number of carboxylic acids is 1. The zero-order valence-electron chi connectivity index (χ0n) is 15.8. The van der Waals surface area contributed by atoms with Crippen LogP contribution in [0.2, 0.25) is 0 Å². The largest absolute Gasteiger partial charge is 0.479 e. The van der Waals surface area contributed by atoms with Crippen LogP contribution in [-0.2, 0) is 9.53 Å². The maximum absolute atomic E-state index is 12.8. The van der Waals surface area contributed by atoms with Crippen LogP contribution in [0.25, 0.3) is 11.1 Å². The van der Waals surface area contributed by atoms with Gasteiger partial charge >= 0.3 is 12.1 Å². The van der Waals surface area contributed by atoms with E-state index in [-0.39, 0.29) is 12.5 Å². The summed E-state index contributed by atoms with van der Waals surface area (Å²) in [5.41, 5.74) is 4.49. The number of carbonyl (C=O) groups is 2. The van der Waals surface area contributed by atoms with Crippen LogP contribution in [0.4, 0.5) is 4.79 Å². The highest BCUT2D eigenvalue weighted by molar-refractivity contribution is 9.13. The van der Waals surface area contributed by atoms with E-state index in [2.05, 4.69) is 44.0 Å². The quantitative estimate of drug-likeness (QED) is 0.406. The van der Waals surface area contributed by atoms with Crippen LogP contribution in [0.5, 0.6) is 0 Å². The molecule has 0 saturated heterocycles. The number of ether oxygens (including phenoxy) is 1. The number of halogens is 2. The van der Waals surface area contributed by atoms with Gasteiger partial charge in [-0.1, -0.05) is 48.5 Å². The lowest BCUT2D eigenvalue weighted by Crippen LogP contribution is -2.36. The van der Waals surface area contributed by atoms with E-state index in [0.29, 0.717) is 4.88 Å². The number of nitrogens with zero attached hydrogens (tertiary/aromatic N) is 1. The molecule has 0 radical (unpaired) electrons. The van der Waals surface area contributed by atoms with E-state index in [9.17, 15) is 14.7 Å². The summed E-state index contributed by atoms with van der Waals surface area (Å²) < 4.78 is 7.11. The van der Waals surface area contributed by atoms with Gasteiger partial charge in [-0.2, -0.15) is 0 Å². The predicted octanol–water partition coefficient (Wildman–Crippen LogP) is 6.28. The summed E-state index contributed by atoms with van der Waals surface area (Å²) in [5, 5.41) is 9.71. The van der Waals surface area contributed by atoms with Crippen molar-refractivity contribution in [1.29, 1.82) is 0 Å². The highest BCUT2D eigenvalue weighted by atomic mass is 79.9. The first kappa shape index (κ1) is 21.1. The normalized spacial score (nSPS) is 13.4. The molecular weight excluding hydrogens is 534 g/mol. The topological polar surface area (TPSA) is 66.8 Å². The molecule has 0 fully saturated rings. The van der Waals surface area contributed by atoms with Crippen molar-refractivity contribution in [2.45, 2.75) is 12.0 Å². The van der Waals surface area contributed by atoms with Gasteiger partial charge in [0.1, 0.15) is 6.61 Å². The SMILES string of the molecule is CN(C(=O)OCC1c2ccccc2-c2ccccc21)C(C(=O)O)c1cc(Br)c(Br)s1. The van der Waals surface area contributed by atoms with Crippen molar-refractivity contribution in [2.24, 2.45) is 0 Å². The van der Waals surface area contributed by atoms with Gasteiger partial charge in [-0.05, 0) is 60.2 Å². The van der Waals surface area contributed by atoms with E-state index >= 15 is 0 Å². The highest BCUT2D eigenvalue weighted by Gasteiger charge is 2.33. The van der Waals surface area contributed by atoms with Crippen molar-refractivity contribution in [1.82, 2.24) is 4.90 Å². The molecule has 3 aromatic rings. The average molecular weight is 551 g/mol. The molecule has 8 heteroatoms. The first-order chi connectivity index (χ1) is 14.4. The second-order valence-corrected chi connectivity index (χ2v) is 10.2. The lowest BCUT2D eigenvalue weighted by atomic mass is 9.98. The summed E-state index contributed by atoms with van der Waals surface area (Å²) in [4.78, 5) is 26.3. The molecule has 1 heterocycles. The minimum Gasteiger partial charge on any atom is -0.479 e. The van der Waals surface area contributed by atoms with E-state index < -0.39 is 18.1 Å². The molecule has 0 saturated carbocycles. The first-order valence-corrected chi connectivity index (χ1v) is 11.5. The zero-order valence-corrected chi connectivity index (χ0v) is 19.8. The van der Waals surface area contributed by atoms with Gasteiger partial charge in [0.05, 0.1) is 3.79 Å². The molecule has 1 aromatic heterocycles. The molecule has 1 aliphatic carbocycles. The molecule has 0 aliphatic heterocycles. The van der Waals surface area contributed by atoms with Crippen LogP contribution < -0.4 is 0 Å². The Balaban J connectivity index is 1.53. The van der Waals surface area contributed by atoms with Crippen LogP contribution >= 0.6 is 43.2 Å². The Kier molecular flexibility index (Phi) is 5.99. The fraction of sp³-hybridized carbons (Fsp3) is 0.182. The van der Waals surface area contributed by atoms with Gasteiger partial charge in [0.15, 0.2) is 6.04 Å². The number of amides is 1. The Morgan fingerprint density at radius 3 is 2.17 bits per heavy atom. The third-order valence-corrected chi connectivity index (χ3v) is 8.49. The number of fused-ring (bicyclic) bond motifs is 3. The number of benzene rings is 2. The van der Waals surface area contributed by atoms with Gasteiger partial charge in [0.2, 0.25) is 0 Å². The molecular formula is C22H17Br2NO4S. The van der Waals surface area contributed by atoms with Gasteiger partial charge in [0, 0.05) is 22.3 Å². The lowest BCUT2D eigenvalue weighted by molar-refractivity contribution is -0.142. The molecule has 2 aromatic carbocycles. The number of hydrogen-bond donors (Lipinski definition) is 1. The van der Waals surface area contributed by atoms with E-state index in [4.69, 9.17) is 4.74 Å². The number of thiophene rings is 1. The number of aliphatic carboxylic acids is 1. The molecule has 0 bridgehead atoms. The van der Waals surface area contributed by atoms with Crippen molar-refractivity contribution >= 4 is 55.3 Å². The number of carboxylic acid groups (broad SMARTS) is 1. The summed E-state index contributed by atoms with van der Waals surface area (Å²) in [6.45, 7) is 0.140. The lowest BCUT2D eigenvalue weighted by Gasteiger charge is -2.24. The van der Waals surface area contributed by atoms with Gasteiger partial charge in [-0.3, -0.25) is 4.90 Å². The van der Waals surface area contributed by atoms with Crippen molar-refractivity contribution in [3.63, 3.8) is 0 Å². The van der Waals surface area contributed by atoms with Crippen molar-refractivity contribution in [2.75, 3.05) is 13.7 Å². The maximum atomic E-state index is 12.8. The molecule has 4 rings (SSSR count). The first-order valence-electron chi connectivity index (χ1n) is 9.13. The predicted molar refractivity (Wildman–Crippen MR) is 123 cm³/mol. The van der Waals surface area contributed by atoms with Gasteiger partial charge in [-0.25, -0.2) is 9.59 Å². The fourth-order valence-corrected chi connectivity index (χ4v) is 6.00. The Morgan fingerprint density at radius 2 is 1.67 bits per heavy atom. The summed E-state index contributed by atoms with van der Waals surface area (Å²) in [5.74, 6) is -1.20. The number of carbonyl (C=O) groups excluding carboxylic acids is 1. The average Bonchev–Trinajstić information content (AvgIpc) is 3.23. The van der Waals surface area contributed by atoms with Crippen LogP contribution in [0.15, 0.2) is 62.9 Å². The summed E-state index contributed by atoms with van der Waals surface area (Å²) >= 11 is 7.99. The molecule has 0 spiro atoms. The highest BCUT2D eigenvalue weighted by Crippen LogP contribution is 2.44. The van der Waals surface area contributed by atoms with E-state index in [0.717, 1.165) is 35.4 Å². The Labute approximate surface area is 194 Å². The zero-order chi connectivity index (χ0) is 21.4. The van der Waals surface area contributed by atoms with Crippen molar-refractivity contribution in [3.05, 3.63) is 78.9 Å². The molecule has 1 N–H and O–H groups in total. The molecule has 1 unspecified atom stereocenters. The van der Waals surface area contributed by atoms with E-state index in [1.807, 2.05) is 36.4 Å². The third kappa shape index (κ3) is 3.79. The van der Waals surface area contributed by atoms with Crippen LogP contribution in [0.3, 0.4) is 0 Å². The number of hydrogen-bond acceptors (Lipinski definition) is 4. The standard InChI is InChI=1S/C22H17Br2NO4S/c1-25(19(21(26)27)18-10-17(23)20(24)30-18)22(28)29-11-16-14-8-4-2-6-12(14)13-7-3-5-9-15(13)16/h2-10,16,19H,11H2,1H3,(H,26,27). The smallest absolute Gasteiger partial charge is 0.410 e. The summed E-state index contributed by atoms with van der Waals surface area (Å²) in [7, 11) is 1.44. The molecule has 154 valence electrons. The van der Waals surface area contributed by atoms with E-state index in [1.54, 1.807) is 6.07 Å². The minimum absolute atomic E-state index is 0.0805. The minimum atomic E-state index is -1.13. The molecule has 5 nitrogen and oxygen atoms in total. The Hall–Kier alpha value is -2.16. The fourth-order valence-electron chi connectivity index (χ4n) is 3.78. The van der Waals surface area contributed by atoms with Gasteiger partial charge in [0.25, 0.3) is 0 Å². The second-order valence-electron chi connectivity index (χ2n) is 6.93. The van der Waals surface area contributed by atoms with Gasteiger partial charge in [-0.15, -0.1) is 11.3 Å². The summed E-state index contributed by atoms with van der Waals surface area (Å²) in [6, 6.07) is 16.7. The molecule has 30 heavy (non-hydrogen) atoms. The monoisotopic (exact) mass is 549 g/mol. The Bertz CT molecular complexity index is 1060. The van der Waals surface area contributed by atoms with E-state index in [1.165, 1.54) is 18.4 Å². The van der Waals surface area contributed by atoms with Gasteiger partial charge < -0.3 is 9.84 Å². The van der Waals surface area contributed by atoms with Crippen LogP contribution in [-0.4, -0.2) is 35.7 Å². The van der Waals surface area contributed by atoms with Crippen molar-refractivity contribution < 1.29 is 19.4 Å². The molecule has 1 atom stereocenters.